The third-order valence-electron chi connectivity index (χ3n) is 3.79. The highest BCUT2D eigenvalue weighted by Gasteiger charge is 2.22. The normalized spacial score (nSPS) is 15.8. The molecule has 2 aromatic carbocycles. The Morgan fingerprint density at radius 1 is 1.17 bits per heavy atom. The smallest absolute Gasteiger partial charge is 0.275 e. The van der Waals surface area contributed by atoms with Crippen LogP contribution in [-0.4, -0.2) is 11.7 Å². The van der Waals surface area contributed by atoms with E-state index in [2.05, 4.69) is 58.9 Å². The summed E-state index contributed by atoms with van der Waals surface area (Å²) >= 11 is 8.43. The fourth-order valence-corrected chi connectivity index (χ4v) is 3.11. The Bertz CT molecular complexity index is 854. The van der Waals surface area contributed by atoms with Gasteiger partial charge in [-0.25, -0.2) is 4.99 Å². The Morgan fingerprint density at radius 2 is 1.88 bits per heavy atom. The van der Waals surface area contributed by atoms with Gasteiger partial charge in [0.1, 0.15) is 11.5 Å². The number of nitrogens with one attached hydrogen (secondary N) is 1. The van der Waals surface area contributed by atoms with Crippen LogP contribution >= 0.6 is 34.2 Å². The molecule has 0 bridgehead atoms. The molecule has 1 amide bonds. The van der Waals surface area contributed by atoms with Crippen LogP contribution in [0.15, 0.2) is 53.2 Å². The monoisotopic (exact) mass is 450 g/mol. The summed E-state index contributed by atoms with van der Waals surface area (Å²) < 4.78 is 1.03. The highest BCUT2D eigenvalue weighted by Crippen LogP contribution is 2.23. The van der Waals surface area contributed by atoms with E-state index in [4.69, 9.17) is 11.6 Å². The zero-order valence-electron chi connectivity index (χ0n) is 13.3. The van der Waals surface area contributed by atoms with E-state index in [1.807, 2.05) is 24.3 Å². The van der Waals surface area contributed by atoms with Crippen molar-refractivity contribution in [1.82, 2.24) is 5.32 Å². The van der Waals surface area contributed by atoms with Crippen LogP contribution in [-0.2, 0) is 4.79 Å². The lowest BCUT2D eigenvalue weighted by atomic mass is 10.0. The molecule has 3 nitrogen and oxygen atoms in total. The van der Waals surface area contributed by atoms with Gasteiger partial charge in [-0.05, 0) is 63.9 Å². The Labute approximate surface area is 160 Å². The van der Waals surface area contributed by atoms with Crippen LogP contribution in [0.3, 0.4) is 0 Å². The lowest BCUT2D eigenvalue weighted by molar-refractivity contribution is -0.115. The first-order valence-electron chi connectivity index (χ1n) is 7.61. The number of rotatable bonds is 3. The van der Waals surface area contributed by atoms with Gasteiger partial charge in [-0.2, -0.15) is 0 Å². The van der Waals surface area contributed by atoms with Crippen molar-refractivity contribution in [3.63, 3.8) is 0 Å². The number of amidine groups is 1. The number of hydrogen-bond acceptors (Lipinski definition) is 2. The van der Waals surface area contributed by atoms with Crippen molar-refractivity contribution >= 4 is 52.0 Å². The molecule has 0 aliphatic carbocycles. The van der Waals surface area contributed by atoms with Crippen LogP contribution in [0.2, 0.25) is 5.02 Å². The number of hydrogen-bond donors (Lipinski definition) is 1. The van der Waals surface area contributed by atoms with Gasteiger partial charge in [-0.1, -0.05) is 49.7 Å². The number of amides is 1. The van der Waals surface area contributed by atoms with E-state index in [1.165, 1.54) is 5.56 Å². The summed E-state index contributed by atoms with van der Waals surface area (Å²) in [5.74, 6) is 0.759. The predicted molar refractivity (Wildman–Crippen MR) is 107 cm³/mol. The maximum atomic E-state index is 12.2. The van der Waals surface area contributed by atoms with Gasteiger partial charge in [-0.3, -0.25) is 4.79 Å². The molecule has 0 fully saturated rings. The average Bonchev–Trinajstić information content (AvgIpc) is 2.91. The molecule has 0 aromatic heterocycles. The summed E-state index contributed by atoms with van der Waals surface area (Å²) in [6.07, 6.45) is 1.79. The summed E-state index contributed by atoms with van der Waals surface area (Å²) in [7, 11) is 0. The minimum absolute atomic E-state index is 0.215. The van der Waals surface area contributed by atoms with Crippen molar-refractivity contribution in [2.75, 3.05) is 0 Å². The van der Waals surface area contributed by atoms with Crippen molar-refractivity contribution in [2.24, 2.45) is 4.99 Å². The summed E-state index contributed by atoms with van der Waals surface area (Å²) in [5, 5.41) is 3.36. The number of aliphatic imine (C=N–C) groups is 1. The highest BCUT2D eigenvalue weighted by molar-refractivity contribution is 14.1. The number of carbonyl (C=O) groups is 1. The summed E-state index contributed by atoms with van der Waals surface area (Å²) in [6, 6.07) is 13.8. The molecule has 1 aliphatic heterocycles. The molecule has 5 heteroatoms. The van der Waals surface area contributed by atoms with Crippen molar-refractivity contribution < 1.29 is 4.79 Å². The summed E-state index contributed by atoms with van der Waals surface area (Å²) in [4.78, 5) is 16.6. The van der Waals surface area contributed by atoms with E-state index < -0.39 is 0 Å². The molecule has 0 saturated heterocycles. The van der Waals surface area contributed by atoms with E-state index >= 15 is 0 Å². The first-order chi connectivity index (χ1) is 11.4. The lowest BCUT2D eigenvalue weighted by Gasteiger charge is -2.04. The maximum Gasteiger partial charge on any atom is 0.275 e. The molecule has 0 saturated carbocycles. The van der Waals surface area contributed by atoms with E-state index in [0.717, 1.165) is 14.7 Å². The van der Waals surface area contributed by atoms with E-state index in [-0.39, 0.29) is 5.91 Å². The molecule has 122 valence electrons. The number of benzene rings is 2. The Kier molecular flexibility index (Phi) is 5.06. The SMILES string of the molecule is CC(C)c1ccc(/C=C2/N=C(c3cc(I)ccc3Cl)NC2=O)cc1. The van der Waals surface area contributed by atoms with E-state index in [1.54, 1.807) is 12.1 Å². The van der Waals surface area contributed by atoms with Crippen LogP contribution in [0.25, 0.3) is 6.08 Å². The zero-order chi connectivity index (χ0) is 17.3. The van der Waals surface area contributed by atoms with E-state index in [0.29, 0.717) is 22.5 Å². The van der Waals surface area contributed by atoms with Crippen molar-refractivity contribution in [3.05, 3.63) is 73.4 Å². The molecule has 0 atom stereocenters. The van der Waals surface area contributed by atoms with Gasteiger partial charge in [0.25, 0.3) is 5.91 Å². The van der Waals surface area contributed by atoms with Gasteiger partial charge >= 0.3 is 0 Å². The van der Waals surface area contributed by atoms with Gasteiger partial charge < -0.3 is 5.32 Å². The van der Waals surface area contributed by atoms with Gasteiger partial charge in [0.05, 0.1) is 5.02 Å². The molecule has 3 rings (SSSR count). The molecular weight excluding hydrogens is 435 g/mol. The first-order valence-corrected chi connectivity index (χ1v) is 9.07. The molecule has 2 aromatic rings. The summed E-state index contributed by atoms with van der Waals surface area (Å²) in [6.45, 7) is 4.30. The molecular formula is C19H16ClIN2O. The third-order valence-corrected chi connectivity index (χ3v) is 4.79. The Morgan fingerprint density at radius 3 is 2.54 bits per heavy atom. The topological polar surface area (TPSA) is 41.5 Å². The van der Waals surface area contributed by atoms with Crippen molar-refractivity contribution in [1.29, 1.82) is 0 Å². The third kappa shape index (κ3) is 3.70. The highest BCUT2D eigenvalue weighted by atomic mass is 127. The van der Waals surface area contributed by atoms with Crippen LogP contribution in [0, 0.1) is 3.57 Å². The van der Waals surface area contributed by atoms with Gasteiger partial charge in [-0.15, -0.1) is 0 Å². The predicted octanol–water partition coefficient (Wildman–Crippen LogP) is 4.99. The largest absolute Gasteiger partial charge is 0.305 e. The average molecular weight is 451 g/mol. The number of carbonyl (C=O) groups excluding carboxylic acids is 1. The lowest BCUT2D eigenvalue weighted by Crippen LogP contribution is -2.25. The van der Waals surface area contributed by atoms with Crippen LogP contribution in [0.4, 0.5) is 0 Å². The molecule has 1 aliphatic rings. The van der Waals surface area contributed by atoms with Gasteiger partial charge in [0.2, 0.25) is 0 Å². The summed E-state index contributed by atoms with van der Waals surface area (Å²) in [5.41, 5.74) is 3.33. The second kappa shape index (κ2) is 7.07. The Balaban J connectivity index is 1.92. The Hall–Kier alpha value is -1.66. The fraction of sp³-hybridized carbons (Fsp3) is 0.158. The fourth-order valence-electron chi connectivity index (χ4n) is 2.41. The number of nitrogens with zero attached hydrogens (tertiary/aromatic N) is 1. The minimum Gasteiger partial charge on any atom is -0.305 e. The minimum atomic E-state index is -0.215. The first kappa shape index (κ1) is 17.2. The van der Waals surface area contributed by atoms with Gasteiger partial charge in [0.15, 0.2) is 0 Å². The molecule has 0 radical (unpaired) electrons. The molecule has 0 spiro atoms. The standard InChI is InChI=1S/C19H16ClIN2O/c1-11(2)13-5-3-12(4-6-13)9-17-19(24)23-18(22-17)15-10-14(21)7-8-16(15)20/h3-11H,1-2H3,(H,22,23,24)/b17-9+. The molecule has 24 heavy (non-hydrogen) atoms. The second-order valence-corrected chi connectivity index (χ2v) is 7.54. The second-order valence-electron chi connectivity index (χ2n) is 5.89. The van der Waals surface area contributed by atoms with Crippen LogP contribution < -0.4 is 5.32 Å². The number of halogens is 2. The van der Waals surface area contributed by atoms with Crippen molar-refractivity contribution in [3.8, 4) is 0 Å². The maximum absolute atomic E-state index is 12.2. The molecule has 0 unspecified atom stereocenters. The molecule has 1 heterocycles. The van der Waals surface area contributed by atoms with Crippen LogP contribution in [0.5, 0.6) is 0 Å². The quantitative estimate of drug-likeness (QED) is 0.520. The van der Waals surface area contributed by atoms with E-state index in [9.17, 15) is 4.79 Å². The van der Waals surface area contributed by atoms with Gasteiger partial charge in [0, 0.05) is 9.13 Å². The van der Waals surface area contributed by atoms with Crippen molar-refractivity contribution in [2.45, 2.75) is 19.8 Å². The zero-order valence-corrected chi connectivity index (χ0v) is 16.2. The van der Waals surface area contributed by atoms with Crippen LogP contribution in [0.1, 0.15) is 36.5 Å². The molecule has 1 N–H and O–H groups in total.